The molecule has 0 aliphatic heterocycles. The third-order valence-electron chi connectivity index (χ3n) is 3.17. The van der Waals surface area contributed by atoms with Gasteiger partial charge in [0.25, 0.3) is 0 Å². The summed E-state index contributed by atoms with van der Waals surface area (Å²) in [6.07, 6.45) is 1.22. The van der Waals surface area contributed by atoms with E-state index in [-0.39, 0.29) is 0 Å². The number of hydrogen-bond donors (Lipinski definition) is 1. The van der Waals surface area contributed by atoms with Gasteiger partial charge in [0.1, 0.15) is 5.01 Å². The van der Waals surface area contributed by atoms with E-state index < -0.39 is 0 Å². The van der Waals surface area contributed by atoms with Gasteiger partial charge in [0.2, 0.25) is 0 Å². The highest BCUT2D eigenvalue weighted by atomic mass is 32.1. The molecule has 0 bridgehead atoms. The van der Waals surface area contributed by atoms with Crippen LogP contribution in [-0.4, -0.2) is 54.6 Å². The molecule has 116 valence electrons. The van der Waals surface area contributed by atoms with Crippen LogP contribution in [0.5, 0.6) is 0 Å². The smallest absolute Gasteiger partial charge is 0.107 e. The van der Waals surface area contributed by atoms with Crippen molar-refractivity contribution in [1.29, 1.82) is 0 Å². The van der Waals surface area contributed by atoms with Crippen LogP contribution in [0.4, 0.5) is 0 Å². The zero-order valence-electron chi connectivity index (χ0n) is 13.6. The second-order valence-electron chi connectivity index (χ2n) is 5.79. The minimum Gasteiger partial charge on any atom is -0.309 e. The van der Waals surface area contributed by atoms with E-state index in [9.17, 15) is 0 Å². The summed E-state index contributed by atoms with van der Waals surface area (Å²) in [5, 5.41) is 6.81. The molecule has 1 aromatic rings. The monoisotopic (exact) mass is 298 g/mol. The van der Waals surface area contributed by atoms with Gasteiger partial charge >= 0.3 is 0 Å². The molecule has 1 rings (SSSR count). The standard InChI is InChI=1S/C15H30N4S/c1-6-19(9-7-8-18(4)5)11-14-12-20-15(17-14)10-16-13(2)3/h12-13,16H,6-11H2,1-5H3. The Bertz CT molecular complexity index is 363. The van der Waals surface area contributed by atoms with Gasteiger partial charge in [0.05, 0.1) is 5.69 Å². The van der Waals surface area contributed by atoms with Gasteiger partial charge in [-0.1, -0.05) is 20.8 Å². The molecule has 0 fully saturated rings. The summed E-state index contributed by atoms with van der Waals surface area (Å²) in [7, 11) is 4.26. The Morgan fingerprint density at radius 3 is 2.65 bits per heavy atom. The fourth-order valence-corrected chi connectivity index (χ4v) is 2.72. The zero-order valence-corrected chi connectivity index (χ0v) is 14.5. The van der Waals surface area contributed by atoms with Gasteiger partial charge in [-0.3, -0.25) is 4.90 Å². The van der Waals surface area contributed by atoms with Gasteiger partial charge in [-0.05, 0) is 40.2 Å². The predicted octanol–water partition coefficient (Wildman–Crippen LogP) is 2.41. The Hall–Kier alpha value is -0.490. The van der Waals surface area contributed by atoms with Crippen molar-refractivity contribution in [2.75, 3.05) is 33.7 Å². The molecular formula is C15H30N4S. The van der Waals surface area contributed by atoms with Gasteiger partial charge < -0.3 is 10.2 Å². The number of thiazole rings is 1. The maximum Gasteiger partial charge on any atom is 0.107 e. The molecule has 1 N–H and O–H groups in total. The van der Waals surface area contributed by atoms with E-state index in [1.807, 2.05) is 0 Å². The van der Waals surface area contributed by atoms with Crippen molar-refractivity contribution in [3.63, 3.8) is 0 Å². The summed E-state index contributed by atoms with van der Waals surface area (Å²) in [5.41, 5.74) is 1.21. The van der Waals surface area contributed by atoms with Crippen LogP contribution in [0.3, 0.4) is 0 Å². The highest BCUT2D eigenvalue weighted by molar-refractivity contribution is 7.09. The molecule has 0 aromatic carbocycles. The van der Waals surface area contributed by atoms with Crippen LogP contribution in [0.25, 0.3) is 0 Å². The Kier molecular flexibility index (Phi) is 8.30. The Labute approximate surface area is 128 Å². The Morgan fingerprint density at radius 1 is 1.30 bits per heavy atom. The van der Waals surface area contributed by atoms with Crippen molar-refractivity contribution in [3.8, 4) is 0 Å². The molecule has 0 aliphatic carbocycles. The first-order valence-electron chi connectivity index (χ1n) is 7.55. The second-order valence-corrected chi connectivity index (χ2v) is 6.74. The van der Waals surface area contributed by atoms with E-state index in [4.69, 9.17) is 4.98 Å². The fraction of sp³-hybridized carbons (Fsp3) is 0.800. The topological polar surface area (TPSA) is 31.4 Å². The summed E-state index contributed by atoms with van der Waals surface area (Å²) < 4.78 is 0. The predicted molar refractivity (Wildman–Crippen MR) is 88.2 cm³/mol. The average Bonchev–Trinajstić information content (AvgIpc) is 2.82. The first-order chi connectivity index (χ1) is 9.51. The quantitative estimate of drug-likeness (QED) is 0.719. The summed E-state index contributed by atoms with van der Waals surface area (Å²) in [5.74, 6) is 0. The highest BCUT2D eigenvalue weighted by Crippen LogP contribution is 2.12. The minimum atomic E-state index is 0.514. The average molecular weight is 299 g/mol. The molecule has 0 atom stereocenters. The van der Waals surface area contributed by atoms with Gasteiger partial charge in [-0.2, -0.15) is 0 Å². The SMILES string of the molecule is CCN(CCCN(C)C)Cc1csc(CNC(C)C)n1. The van der Waals surface area contributed by atoms with Crippen LogP contribution in [0.15, 0.2) is 5.38 Å². The number of aromatic nitrogens is 1. The van der Waals surface area contributed by atoms with Crippen LogP contribution in [0, 0.1) is 0 Å². The van der Waals surface area contributed by atoms with E-state index in [0.29, 0.717) is 6.04 Å². The molecule has 20 heavy (non-hydrogen) atoms. The van der Waals surface area contributed by atoms with E-state index in [1.54, 1.807) is 11.3 Å². The molecule has 0 saturated carbocycles. The van der Waals surface area contributed by atoms with E-state index in [2.05, 4.69) is 55.4 Å². The Balaban J connectivity index is 2.37. The van der Waals surface area contributed by atoms with Crippen LogP contribution in [0.1, 0.15) is 37.9 Å². The normalized spacial score (nSPS) is 12.0. The van der Waals surface area contributed by atoms with Gasteiger partial charge in [0.15, 0.2) is 0 Å². The highest BCUT2D eigenvalue weighted by Gasteiger charge is 2.08. The molecule has 0 unspecified atom stereocenters. The summed E-state index contributed by atoms with van der Waals surface area (Å²) in [6.45, 7) is 11.8. The molecule has 5 heteroatoms. The van der Waals surface area contributed by atoms with Crippen LogP contribution in [-0.2, 0) is 13.1 Å². The van der Waals surface area contributed by atoms with Crippen molar-refractivity contribution >= 4 is 11.3 Å². The molecule has 0 spiro atoms. The fourth-order valence-electron chi connectivity index (χ4n) is 1.98. The van der Waals surface area contributed by atoms with Gasteiger partial charge in [-0.15, -0.1) is 11.3 Å². The Morgan fingerprint density at radius 2 is 2.05 bits per heavy atom. The molecule has 1 heterocycles. The maximum absolute atomic E-state index is 4.72. The third-order valence-corrected chi connectivity index (χ3v) is 4.07. The number of hydrogen-bond acceptors (Lipinski definition) is 5. The van der Waals surface area contributed by atoms with E-state index in [1.165, 1.54) is 17.1 Å². The number of nitrogens with zero attached hydrogens (tertiary/aromatic N) is 3. The number of rotatable bonds is 10. The lowest BCUT2D eigenvalue weighted by molar-refractivity contribution is 0.257. The summed E-state index contributed by atoms with van der Waals surface area (Å²) in [6, 6.07) is 0.514. The van der Waals surface area contributed by atoms with Crippen molar-refractivity contribution in [3.05, 3.63) is 16.1 Å². The lowest BCUT2D eigenvalue weighted by Crippen LogP contribution is -2.27. The molecule has 4 nitrogen and oxygen atoms in total. The van der Waals surface area contributed by atoms with Gasteiger partial charge in [0, 0.05) is 24.5 Å². The molecule has 0 radical (unpaired) electrons. The van der Waals surface area contributed by atoms with E-state index >= 15 is 0 Å². The maximum atomic E-state index is 4.72. The van der Waals surface area contributed by atoms with Crippen LogP contribution >= 0.6 is 11.3 Å². The van der Waals surface area contributed by atoms with Crippen LogP contribution < -0.4 is 5.32 Å². The van der Waals surface area contributed by atoms with E-state index in [0.717, 1.165) is 32.7 Å². The van der Waals surface area contributed by atoms with Gasteiger partial charge in [-0.25, -0.2) is 4.98 Å². The molecule has 0 aliphatic rings. The minimum absolute atomic E-state index is 0.514. The summed E-state index contributed by atoms with van der Waals surface area (Å²) >= 11 is 1.76. The lowest BCUT2D eigenvalue weighted by atomic mass is 10.3. The lowest BCUT2D eigenvalue weighted by Gasteiger charge is -2.20. The van der Waals surface area contributed by atoms with Crippen LogP contribution in [0.2, 0.25) is 0 Å². The molecule has 0 amide bonds. The first kappa shape index (κ1) is 17.6. The molecular weight excluding hydrogens is 268 g/mol. The third kappa shape index (κ3) is 7.33. The van der Waals surface area contributed by atoms with Crippen molar-refractivity contribution in [1.82, 2.24) is 20.1 Å². The van der Waals surface area contributed by atoms with Crippen molar-refractivity contribution < 1.29 is 0 Å². The number of nitrogens with one attached hydrogen (secondary N) is 1. The first-order valence-corrected chi connectivity index (χ1v) is 8.43. The van der Waals surface area contributed by atoms with Crippen molar-refractivity contribution in [2.45, 2.75) is 46.3 Å². The van der Waals surface area contributed by atoms with Crippen molar-refractivity contribution in [2.24, 2.45) is 0 Å². The second kappa shape index (κ2) is 9.45. The largest absolute Gasteiger partial charge is 0.309 e. The summed E-state index contributed by atoms with van der Waals surface area (Å²) in [4.78, 5) is 9.43. The molecule has 0 saturated heterocycles. The molecule has 1 aromatic heterocycles. The zero-order chi connectivity index (χ0) is 15.0.